The number of benzene rings is 2. The number of nitro benzene ring substituents is 2. The fourth-order valence-corrected chi connectivity index (χ4v) is 5.50. The summed E-state index contributed by atoms with van der Waals surface area (Å²) in [7, 11) is 0. The zero-order valence-electron chi connectivity index (χ0n) is 34.6. The predicted molar refractivity (Wildman–Crippen MR) is 217 cm³/mol. The molecular weight excluding hydrogens is 828 g/mol. The van der Waals surface area contributed by atoms with Gasteiger partial charge in [0.1, 0.15) is 51.0 Å². The quantitative estimate of drug-likeness (QED) is 0.121. The molecule has 2 aromatic rings. The number of amides is 2. The SMILES string of the molecule is C=CCOCC(CC)(COC(=O)Nc1cc2c(cc1[N+](=O)[O-])OCCOCCOCCOCCO2)COC(=O)Nc1cc2c(cc1[N+](=O)[O-])OCCOCCOCCOCCO2. The molecule has 0 saturated heterocycles. The molecule has 0 saturated carbocycles. The molecule has 23 heteroatoms. The molecule has 2 aliphatic heterocycles. The van der Waals surface area contributed by atoms with Crippen molar-refractivity contribution >= 4 is 34.9 Å². The van der Waals surface area contributed by atoms with Crippen LogP contribution in [0.2, 0.25) is 0 Å². The first-order valence-electron chi connectivity index (χ1n) is 19.8. The van der Waals surface area contributed by atoms with Crippen molar-refractivity contribution in [2.24, 2.45) is 5.41 Å². The maximum atomic E-state index is 13.3. The lowest BCUT2D eigenvalue weighted by Crippen LogP contribution is -2.39. The Morgan fingerprint density at radius 1 is 0.597 bits per heavy atom. The van der Waals surface area contributed by atoms with Crippen LogP contribution in [0.1, 0.15) is 13.3 Å². The van der Waals surface area contributed by atoms with E-state index in [0.29, 0.717) is 52.9 Å². The van der Waals surface area contributed by atoms with E-state index in [2.05, 4.69) is 17.2 Å². The maximum absolute atomic E-state index is 13.3. The van der Waals surface area contributed by atoms with Crippen molar-refractivity contribution < 1.29 is 81.0 Å². The molecule has 0 fully saturated rings. The smallest absolute Gasteiger partial charge is 0.411 e. The van der Waals surface area contributed by atoms with Crippen LogP contribution in [0.4, 0.5) is 32.3 Å². The van der Waals surface area contributed by atoms with Crippen LogP contribution in [-0.2, 0) is 42.6 Å². The molecule has 344 valence electrons. The standard InChI is InChI=1S/C39H54N4O19/c1-3-5-56-26-39(4-2,27-61-37(44)40-29-22-33-35(24-31(29)42(46)47)59-20-16-54-12-8-50-6-10-52-14-18-57-33)28-62-38(45)41-30-23-34-36(25-32(30)43(48)49)60-21-17-55-13-9-51-7-11-53-15-19-58-34/h3,22-25H,1,4-21,26-28H2,2H3,(H,40,44)(H,41,45). The molecule has 2 heterocycles. The Kier molecular flexibility index (Phi) is 21.7. The fourth-order valence-electron chi connectivity index (χ4n) is 5.50. The number of fused-ring (bicyclic) bond motifs is 2. The van der Waals surface area contributed by atoms with E-state index in [0.717, 1.165) is 12.1 Å². The van der Waals surface area contributed by atoms with Crippen LogP contribution in [-0.4, -0.2) is 154 Å². The number of nitro groups is 2. The number of carbonyl (C=O) groups is 2. The van der Waals surface area contributed by atoms with Crippen LogP contribution in [0.15, 0.2) is 36.9 Å². The van der Waals surface area contributed by atoms with Gasteiger partial charge >= 0.3 is 12.2 Å². The monoisotopic (exact) mass is 882 g/mol. The molecule has 0 unspecified atom stereocenters. The highest BCUT2D eigenvalue weighted by Gasteiger charge is 2.34. The number of rotatable bonds is 13. The van der Waals surface area contributed by atoms with Gasteiger partial charge in [-0.25, -0.2) is 9.59 Å². The van der Waals surface area contributed by atoms with E-state index >= 15 is 0 Å². The van der Waals surface area contributed by atoms with Crippen molar-refractivity contribution in [3.8, 4) is 23.0 Å². The van der Waals surface area contributed by atoms with Gasteiger partial charge in [-0.15, -0.1) is 6.58 Å². The first kappa shape index (κ1) is 49.1. The molecular formula is C39H54N4O19. The number of hydrogen-bond donors (Lipinski definition) is 2. The summed E-state index contributed by atoms with van der Waals surface area (Å²) in [6.45, 7) is 8.12. The number of ether oxygens (including phenoxy) is 13. The molecule has 2 N–H and O–H groups in total. The zero-order valence-corrected chi connectivity index (χ0v) is 34.6. The molecule has 2 aliphatic rings. The van der Waals surface area contributed by atoms with Gasteiger partial charge in [-0.2, -0.15) is 0 Å². The van der Waals surface area contributed by atoms with E-state index in [-0.39, 0.29) is 107 Å². The summed E-state index contributed by atoms with van der Waals surface area (Å²) in [6, 6.07) is 4.69. The minimum Gasteiger partial charge on any atom is -0.487 e. The second-order valence-corrected chi connectivity index (χ2v) is 13.3. The second-order valence-electron chi connectivity index (χ2n) is 13.3. The van der Waals surface area contributed by atoms with Crippen LogP contribution in [0.3, 0.4) is 0 Å². The summed E-state index contributed by atoms with van der Waals surface area (Å²) in [5.41, 5.74) is -2.71. The van der Waals surface area contributed by atoms with E-state index in [1.54, 1.807) is 6.92 Å². The van der Waals surface area contributed by atoms with Crippen molar-refractivity contribution in [1.29, 1.82) is 0 Å². The van der Waals surface area contributed by atoms with Crippen molar-refractivity contribution in [3.63, 3.8) is 0 Å². The summed E-state index contributed by atoms with van der Waals surface area (Å²) in [4.78, 5) is 49.4. The lowest BCUT2D eigenvalue weighted by molar-refractivity contribution is -0.384. The van der Waals surface area contributed by atoms with Gasteiger partial charge in [0, 0.05) is 12.1 Å². The first-order chi connectivity index (χ1) is 30.1. The third-order valence-corrected chi connectivity index (χ3v) is 8.83. The van der Waals surface area contributed by atoms with E-state index in [1.165, 1.54) is 18.2 Å². The van der Waals surface area contributed by atoms with Crippen molar-refractivity contribution in [2.75, 3.05) is 143 Å². The van der Waals surface area contributed by atoms with Crippen LogP contribution in [0, 0.1) is 25.6 Å². The van der Waals surface area contributed by atoms with Gasteiger partial charge in [0.15, 0.2) is 23.0 Å². The predicted octanol–water partition coefficient (Wildman–Crippen LogP) is 4.54. The number of nitrogens with one attached hydrogen (secondary N) is 2. The fraction of sp³-hybridized carbons (Fsp3) is 0.590. The summed E-state index contributed by atoms with van der Waals surface area (Å²) >= 11 is 0. The summed E-state index contributed by atoms with van der Waals surface area (Å²) in [6.07, 6.45) is -0.447. The molecule has 2 amide bonds. The van der Waals surface area contributed by atoms with Crippen LogP contribution in [0.5, 0.6) is 23.0 Å². The van der Waals surface area contributed by atoms with Gasteiger partial charge in [-0.1, -0.05) is 13.0 Å². The molecule has 0 bridgehead atoms. The second kappa shape index (κ2) is 27.4. The third-order valence-electron chi connectivity index (χ3n) is 8.83. The van der Waals surface area contributed by atoms with E-state index < -0.39 is 52.0 Å². The molecule has 62 heavy (non-hydrogen) atoms. The molecule has 2 aromatic carbocycles. The molecule has 0 atom stereocenters. The molecule has 0 aliphatic carbocycles. The Hall–Kier alpha value is -5.56. The highest BCUT2D eigenvalue weighted by atomic mass is 16.6. The summed E-state index contributed by atoms with van der Waals surface area (Å²) in [5, 5.41) is 29.1. The normalized spacial score (nSPS) is 16.4. The molecule has 23 nitrogen and oxygen atoms in total. The number of anilines is 2. The molecule has 4 rings (SSSR count). The van der Waals surface area contributed by atoms with Gasteiger partial charge in [-0.05, 0) is 6.42 Å². The van der Waals surface area contributed by atoms with E-state index in [1.807, 2.05) is 0 Å². The van der Waals surface area contributed by atoms with Gasteiger partial charge < -0.3 is 61.6 Å². The molecule has 0 radical (unpaired) electrons. The van der Waals surface area contributed by atoms with Crippen molar-refractivity contribution in [2.45, 2.75) is 13.3 Å². The Labute approximate surface area is 357 Å². The first-order valence-corrected chi connectivity index (χ1v) is 19.8. The summed E-state index contributed by atoms with van der Waals surface area (Å²) < 4.78 is 72.6. The number of hydrogen-bond acceptors (Lipinski definition) is 19. The van der Waals surface area contributed by atoms with Crippen molar-refractivity contribution in [1.82, 2.24) is 0 Å². The van der Waals surface area contributed by atoms with Gasteiger partial charge in [-0.3, -0.25) is 30.9 Å². The Bertz CT molecular complexity index is 1630. The molecule has 0 aromatic heterocycles. The average Bonchev–Trinajstić information content (AvgIpc) is 3.27. The van der Waals surface area contributed by atoms with Crippen LogP contribution < -0.4 is 29.6 Å². The van der Waals surface area contributed by atoms with E-state index in [9.17, 15) is 29.8 Å². The highest BCUT2D eigenvalue weighted by molar-refractivity contribution is 5.90. The Morgan fingerprint density at radius 2 is 0.919 bits per heavy atom. The minimum atomic E-state index is -1.17. The average molecular weight is 883 g/mol. The van der Waals surface area contributed by atoms with Gasteiger partial charge in [0.05, 0.1) is 120 Å². The van der Waals surface area contributed by atoms with Crippen LogP contribution in [0.25, 0.3) is 0 Å². The van der Waals surface area contributed by atoms with Crippen molar-refractivity contribution in [3.05, 3.63) is 57.1 Å². The van der Waals surface area contributed by atoms with E-state index in [4.69, 9.17) is 61.6 Å². The van der Waals surface area contributed by atoms with Gasteiger partial charge in [0.2, 0.25) is 0 Å². The topological polar surface area (TPSA) is 264 Å². The third kappa shape index (κ3) is 17.1. The van der Waals surface area contributed by atoms with Crippen LogP contribution >= 0.6 is 0 Å². The largest absolute Gasteiger partial charge is 0.487 e. The highest BCUT2D eigenvalue weighted by Crippen LogP contribution is 2.40. The molecule has 0 spiro atoms. The maximum Gasteiger partial charge on any atom is 0.411 e. The lowest BCUT2D eigenvalue weighted by Gasteiger charge is -2.31. The number of nitrogens with zero attached hydrogens (tertiary/aromatic N) is 2. The zero-order chi connectivity index (χ0) is 44.4. The number of carbonyl (C=O) groups excluding carboxylic acids is 2. The minimum absolute atomic E-state index is 0.0379. The Morgan fingerprint density at radius 3 is 1.23 bits per heavy atom. The lowest BCUT2D eigenvalue weighted by atomic mass is 9.88. The summed E-state index contributed by atoms with van der Waals surface area (Å²) in [5.74, 6) is 0.247. The van der Waals surface area contributed by atoms with Gasteiger partial charge in [0.25, 0.3) is 11.4 Å². The Balaban J connectivity index is 1.46.